The highest BCUT2D eigenvalue weighted by Gasteiger charge is 2.16. The highest BCUT2D eigenvalue weighted by Crippen LogP contribution is 2.37. The van der Waals surface area contributed by atoms with Crippen LogP contribution in [0.3, 0.4) is 0 Å². The molecule has 0 N–H and O–H groups in total. The molecular formula is C22H20N2O3S. The summed E-state index contributed by atoms with van der Waals surface area (Å²) in [7, 11) is 3.20. The lowest BCUT2D eigenvalue weighted by molar-refractivity contribution is 0.355. The molecule has 0 spiro atoms. The first-order valence-electron chi connectivity index (χ1n) is 8.89. The van der Waals surface area contributed by atoms with E-state index in [0.29, 0.717) is 22.6 Å². The van der Waals surface area contributed by atoms with Gasteiger partial charge < -0.3 is 13.9 Å². The molecule has 0 saturated carbocycles. The molecule has 0 aliphatic heterocycles. The van der Waals surface area contributed by atoms with E-state index in [-0.39, 0.29) is 5.25 Å². The van der Waals surface area contributed by atoms with Gasteiger partial charge >= 0.3 is 0 Å². The quantitative estimate of drug-likeness (QED) is 0.389. The van der Waals surface area contributed by atoms with Crippen LogP contribution in [0.4, 0.5) is 0 Å². The predicted molar refractivity (Wildman–Crippen MR) is 111 cm³/mol. The van der Waals surface area contributed by atoms with Crippen LogP contribution in [0.25, 0.3) is 22.2 Å². The number of benzene rings is 3. The molecular weight excluding hydrogens is 372 g/mol. The van der Waals surface area contributed by atoms with E-state index >= 15 is 0 Å². The Bertz CT molecular complexity index is 1110. The summed E-state index contributed by atoms with van der Waals surface area (Å²) in [6.07, 6.45) is 0. The second-order valence-electron chi connectivity index (χ2n) is 6.31. The lowest BCUT2D eigenvalue weighted by atomic mass is 10.1. The lowest BCUT2D eigenvalue weighted by Crippen LogP contribution is -1.90. The van der Waals surface area contributed by atoms with E-state index in [1.165, 1.54) is 16.3 Å². The summed E-state index contributed by atoms with van der Waals surface area (Å²) in [6, 6.07) is 20.4. The summed E-state index contributed by atoms with van der Waals surface area (Å²) in [4.78, 5) is 0. The number of fused-ring (bicyclic) bond motifs is 1. The Balaban J connectivity index is 1.54. The SMILES string of the molecule is COc1ccc(-c2nnc(SC(C)c3ccc4ccccc4c3)o2)cc1OC. The van der Waals surface area contributed by atoms with E-state index in [1.54, 1.807) is 26.0 Å². The molecule has 0 aliphatic carbocycles. The van der Waals surface area contributed by atoms with Crippen molar-refractivity contribution in [1.82, 2.24) is 10.2 Å². The number of nitrogens with zero attached hydrogens (tertiary/aromatic N) is 2. The minimum atomic E-state index is 0.184. The average molecular weight is 392 g/mol. The predicted octanol–water partition coefficient (Wildman–Crippen LogP) is 5.76. The summed E-state index contributed by atoms with van der Waals surface area (Å²) in [5, 5.41) is 11.5. The van der Waals surface area contributed by atoms with Crippen LogP contribution >= 0.6 is 11.8 Å². The maximum atomic E-state index is 5.87. The first-order valence-corrected chi connectivity index (χ1v) is 9.77. The van der Waals surface area contributed by atoms with Crippen molar-refractivity contribution in [3.05, 3.63) is 66.2 Å². The van der Waals surface area contributed by atoms with E-state index in [1.807, 2.05) is 24.3 Å². The summed E-state index contributed by atoms with van der Waals surface area (Å²) in [5.41, 5.74) is 2.00. The summed E-state index contributed by atoms with van der Waals surface area (Å²) in [6.45, 7) is 2.13. The Labute approximate surface area is 167 Å². The fourth-order valence-corrected chi connectivity index (χ4v) is 3.82. The van der Waals surface area contributed by atoms with E-state index in [4.69, 9.17) is 13.9 Å². The zero-order valence-corrected chi connectivity index (χ0v) is 16.7. The molecule has 1 aromatic heterocycles. The van der Waals surface area contributed by atoms with Crippen molar-refractivity contribution >= 4 is 22.5 Å². The molecule has 0 saturated heterocycles. The normalized spacial score (nSPS) is 12.1. The van der Waals surface area contributed by atoms with Gasteiger partial charge in [-0.05, 0) is 41.5 Å². The molecule has 3 aromatic carbocycles. The van der Waals surface area contributed by atoms with Crippen LogP contribution < -0.4 is 9.47 Å². The number of aromatic nitrogens is 2. The molecule has 6 heteroatoms. The minimum Gasteiger partial charge on any atom is -0.493 e. The Kier molecular flexibility index (Phi) is 5.21. The summed E-state index contributed by atoms with van der Waals surface area (Å²) < 4.78 is 16.5. The number of hydrogen-bond donors (Lipinski definition) is 0. The molecule has 1 heterocycles. The van der Waals surface area contributed by atoms with Crippen molar-refractivity contribution in [1.29, 1.82) is 0 Å². The minimum absolute atomic E-state index is 0.184. The van der Waals surface area contributed by atoms with Gasteiger partial charge in [0.1, 0.15) is 0 Å². The first kappa shape index (κ1) is 18.4. The van der Waals surface area contributed by atoms with Crippen LogP contribution in [0.15, 0.2) is 70.3 Å². The van der Waals surface area contributed by atoms with Gasteiger partial charge in [-0.1, -0.05) is 54.2 Å². The van der Waals surface area contributed by atoms with Gasteiger partial charge in [0, 0.05) is 10.8 Å². The third-order valence-electron chi connectivity index (χ3n) is 4.56. The highest BCUT2D eigenvalue weighted by atomic mass is 32.2. The van der Waals surface area contributed by atoms with Crippen LogP contribution in [-0.2, 0) is 0 Å². The molecule has 0 bridgehead atoms. The van der Waals surface area contributed by atoms with Crippen molar-refractivity contribution in [3.8, 4) is 23.0 Å². The van der Waals surface area contributed by atoms with Crippen molar-refractivity contribution in [2.45, 2.75) is 17.4 Å². The number of ether oxygens (including phenoxy) is 2. The monoisotopic (exact) mass is 392 g/mol. The molecule has 0 amide bonds. The third-order valence-corrected chi connectivity index (χ3v) is 5.55. The molecule has 0 fully saturated rings. The maximum absolute atomic E-state index is 5.87. The standard InChI is InChI=1S/C22H20N2O3S/c1-14(16-9-8-15-6-4-5-7-17(15)12-16)28-22-24-23-21(27-22)18-10-11-19(25-2)20(13-18)26-3/h4-14H,1-3H3. The van der Waals surface area contributed by atoms with Crippen molar-refractivity contribution in [2.24, 2.45) is 0 Å². The molecule has 4 aromatic rings. The Morgan fingerprint density at radius 3 is 2.43 bits per heavy atom. The molecule has 28 heavy (non-hydrogen) atoms. The zero-order valence-electron chi connectivity index (χ0n) is 15.9. The molecule has 0 radical (unpaired) electrons. The van der Waals surface area contributed by atoms with Crippen molar-refractivity contribution < 1.29 is 13.9 Å². The van der Waals surface area contributed by atoms with Crippen LogP contribution in [0.1, 0.15) is 17.7 Å². The first-order chi connectivity index (χ1) is 13.7. The number of rotatable bonds is 6. The van der Waals surface area contributed by atoms with Gasteiger partial charge in [-0.25, -0.2) is 0 Å². The molecule has 1 atom stereocenters. The largest absolute Gasteiger partial charge is 0.493 e. The van der Waals surface area contributed by atoms with Crippen LogP contribution in [0.5, 0.6) is 11.5 Å². The van der Waals surface area contributed by atoms with E-state index in [2.05, 4.69) is 53.5 Å². The van der Waals surface area contributed by atoms with Gasteiger partial charge in [0.2, 0.25) is 5.89 Å². The molecule has 142 valence electrons. The van der Waals surface area contributed by atoms with E-state index in [9.17, 15) is 0 Å². The molecule has 5 nitrogen and oxygen atoms in total. The molecule has 1 unspecified atom stereocenters. The van der Waals surface area contributed by atoms with Gasteiger partial charge in [0.25, 0.3) is 5.22 Å². The zero-order chi connectivity index (χ0) is 19.5. The van der Waals surface area contributed by atoms with Gasteiger partial charge in [0.15, 0.2) is 11.5 Å². The topological polar surface area (TPSA) is 57.4 Å². The van der Waals surface area contributed by atoms with Gasteiger partial charge in [-0.2, -0.15) is 0 Å². The van der Waals surface area contributed by atoms with Gasteiger partial charge in [-0.15, -0.1) is 10.2 Å². The average Bonchev–Trinajstić information content (AvgIpc) is 3.21. The van der Waals surface area contributed by atoms with E-state index in [0.717, 1.165) is 5.56 Å². The van der Waals surface area contributed by atoms with E-state index < -0.39 is 0 Å². The fourth-order valence-electron chi connectivity index (χ4n) is 3.02. The van der Waals surface area contributed by atoms with Crippen molar-refractivity contribution in [2.75, 3.05) is 14.2 Å². The second-order valence-corrected chi connectivity index (χ2v) is 7.60. The molecule has 4 rings (SSSR count). The fraction of sp³-hybridized carbons (Fsp3) is 0.182. The summed E-state index contributed by atoms with van der Waals surface area (Å²) >= 11 is 1.54. The Hall–Kier alpha value is -2.99. The van der Waals surface area contributed by atoms with Crippen molar-refractivity contribution in [3.63, 3.8) is 0 Å². The van der Waals surface area contributed by atoms with Crippen LogP contribution in [0, 0.1) is 0 Å². The van der Waals surface area contributed by atoms with Crippen LogP contribution in [0.2, 0.25) is 0 Å². The Morgan fingerprint density at radius 2 is 1.64 bits per heavy atom. The lowest BCUT2D eigenvalue weighted by Gasteiger charge is -2.10. The van der Waals surface area contributed by atoms with Gasteiger partial charge in [-0.3, -0.25) is 0 Å². The van der Waals surface area contributed by atoms with Crippen LogP contribution in [-0.4, -0.2) is 24.4 Å². The smallest absolute Gasteiger partial charge is 0.277 e. The Morgan fingerprint density at radius 1 is 0.857 bits per heavy atom. The number of thioether (sulfide) groups is 1. The third kappa shape index (κ3) is 3.68. The second kappa shape index (κ2) is 7.94. The highest BCUT2D eigenvalue weighted by molar-refractivity contribution is 7.99. The molecule has 0 aliphatic rings. The number of methoxy groups -OCH3 is 2. The maximum Gasteiger partial charge on any atom is 0.277 e. The van der Waals surface area contributed by atoms with Gasteiger partial charge in [0.05, 0.1) is 14.2 Å². The number of hydrogen-bond acceptors (Lipinski definition) is 6. The summed E-state index contributed by atoms with van der Waals surface area (Å²) in [5.74, 6) is 1.73.